The van der Waals surface area contributed by atoms with E-state index in [0.717, 1.165) is 5.69 Å². The highest BCUT2D eigenvalue weighted by Crippen LogP contribution is 2.26. The highest BCUT2D eigenvalue weighted by molar-refractivity contribution is 7.80. The fourth-order valence-corrected chi connectivity index (χ4v) is 2.12. The van der Waals surface area contributed by atoms with Gasteiger partial charge in [-0.25, -0.2) is 4.98 Å². The maximum Gasteiger partial charge on any atom is 0.226 e. The molecular weight excluding hydrogens is 228 g/mol. The first-order valence-corrected chi connectivity index (χ1v) is 6.31. The van der Waals surface area contributed by atoms with Crippen LogP contribution in [0.25, 0.3) is 0 Å². The van der Waals surface area contributed by atoms with E-state index in [1.807, 2.05) is 5.38 Å². The Morgan fingerprint density at radius 1 is 1.60 bits per heavy atom. The van der Waals surface area contributed by atoms with Gasteiger partial charge in [-0.3, -0.25) is 4.79 Å². The monoisotopic (exact) mass is 244 g/mol. The molecule has 1 amide bonds. The molecule has 0 aliphatic rings. The zero-order valence-corrected chi connectivity index (χ0v) is 10.9. The average molecular weight is 244 g/mol. The van der Waals surface area contributed by atoms with Crippen LogP contribution in [0.2, 0.25) is 0 Å². The molecule has 15 heavy (non-hydrogen) atoms. The van der Waals surface area contributed by atoms with Gasteiger partial charge in [0.25, 0.3) is 0 Å². The summed E-state index contributed by atoms with van der Waals surface area (Å²) in [6.45, 7) is 6.30. The van der Waals surface area contributed by atoms with Gasteiger partial charge in [0.2, 0.25) is 5.91 Å². The van der Waals surface area contributed by atoms with Gasteiger partial charge < -0.3 is 5.32 Å². The Morgan fingerprint density at radius 2 is 2.27 bits per heavy atom. The van der Waals surface area contributed by atoms with E-state index in [0.29, 0.717) is 17.3 Å². The second kappa shape index (κ2) is 4.99. The van der Waals surface area contributed by atoms with Crippen molar-refractivity contribution in [1.29, 1.82) is 0 Å². The number of rotatable bonds is 3. The second-order valence-corrected chi connectivity index (χ2v) is 5.61. The molecule has 1 aromatic rings. The van der Waals surface area contributed by atoms with E-state index in [9.17, 15) is 4.79 Å². The van der Waals surface area contributed by atoms with Crippen LogP contribution in [0, 0.1) is 0 Å². The zero-order valence-electron chi connectivity index (χ0n) is 9.20. The van der Waals surface area contributed by atoms with E-state index in [-0.39, 0.29) is 11.3 Å². The first kappa shape index (κ1) is 12.5. The number of thiazole rings is 1. The summed E-state index contributed by atoms with van der Waals surface area (Å²) in [5.41, 5.74) is 1.04. The topological polar surface area (TPSA) is 42.0 Å². The van der Waals surface area contributed by atoms with Crippen LogP contribution >= 0.6 is 24.0 Å². The Balaban J connectivity index is 2.65. The van der Waals surface area contributed by atoms with Crippen LogP contribution in [0.5, 0.6) is 0 Å². The molecule has 0 bridgehead atoms. The van der Waals surface area contributed by atoms with Crippen molar-refractivity contribution in [3.63, 3.8) is 0 Å². The number of carbonyl (C=O) groups excluding carboxylic acids is 1. The maximum absolute atomic E-state index is 11.3. The number of anilines is 1. The summed E-state index contributed by atoms with van der Waals surface area (Å²) in [7, 11) is 0. The van der Waals surface area contributed by atoms with Gasteiger partial charge in [-0.05, 0) is 5.75 Å². The molecule has 0 fully saturated rings. The first-order valence-electron chi connectivity index (χ1n) is 4.80. The second-order valence-electron chi connectivity index (χ2n) is 4.31. The number of thiol groups is 1. The molecule has 84 valence electrons. The highest BCUT2D eigenvalue weighted by Gasteiger charge is 2.17. The normalized spacial score (nSPS) is 11.5. The number of hydrogen-bond acceptors (Lipinski definition) is 4. The lowest BCUT2D eigenvalue weighted by Gasteiger charge is -2.14. The minimum atomic E-state index is -0.0280. The number of amides is 1. The summed E-state index contributed by atoms with van der Waals surface area (Å²) in [6, 6.07) is 0. The average Bonchev–Trinajstić information content (AvgIpc) is 2.52. The summed E-state index contributed by atoms with van der Waals surface area (Å²) in [6.07, 6.45) is 0.424. The quantitative estimate of drug-likeness (QED) is 0.803. The van der Waals surface area contributed by atoms with Gasteiger partial charge in [-0.2, -0.15) is 12.6 Å². The van der Waals surface area contributed by atoms with Crippen molar-refractivity contribution in [3.8, 4) is 0 Å². The molecule has 0 aliphatic heterocycles. The minimum Gasteiger partial charge on any atom is -0.302 e. The molecule has 1 rings (SSSR count). The van der Waals surface area contributed by atoms with Crippen molar-refractivity contribution in [2.75, 3.05) is 11.1 Å². The molecule has 0 radical (unpaired) electrons. The molecule has 1 N–H and O–H groups in total. The lowest BCUT2D eigenvalue weighted by molar-refractivity contribution is -0.115. The summed E-state index contributed by atoms with van der Waals surface area (Å²) in [4.78, 5) is 15.6. The fraction of sp³-hybridized carbons (Fsp3) is 0.600. The van der Waals surface area contributed by atoms with Crippen molar-refractivity contribution in [3.05, 3.63) is 11.1 Å². The Bertz CT molecular complexity index is 341. The number of carbonyl (C=O) groups is 1. The predicted octanol–water partition coefficient (Wildman–Crippen LogP) is 2.70. The maximum atomic E-state index is 11.3. The van der Waals surface area contributed by atoms with Gasteiger partial charge in [0.15, 0.2) is 5.13 Å². The van der Waals surface area contributed by atoms with Crippen LogP contribution in [0.1, 0.15) is 32.9 Å². The predicted molar refractivity (Wildman–Crippen MR) is 67.9 cm³/mol. The van der Waals surface area contributed by atoms with E-state index >= 15 is 0 Å². The lowest BCUT2D eigenvalue weighted by Crippen LogP contribution is -2.14. The largest absolute Gasteiger partial charge is 0.302 e. The van der Waals surface area contributed by atoms with Crippen molar-refractivity contribution in [1.82, 2.24) is 4.98 Å². The van der Waals surface area contributed by atoms with Crippen LogP contribution in [0.15, 0.2) is 5.38 Å². The van der Waals surface area contributed by atoms with Gasteiger partial charge in [0, 0.05) is 17.2 Å². The summed E-state index contributed by atoms with van der Waals surface area (Å²) in [5, 5.41) is 5.41. The molecule has 0 saturated carbocycles. The number of nitrogens with zero attached hydrogens (tertiary/aromatic N) is 1. The van der Waals surface area contributed by atoms with E-state index in [2.05, 4.69) is 43.7 Å². The Kier molecular flexibility index (Phi) is 4.16. The third-order valence-electron chi connectivity index (χ3n) is 1.86. The first-order chi connectivity index (χ1) is 6.93. The third-order valence-corrected chi connectivity index (χ3v) is 2.84. The Labute approximate surface area is 99.7 Å². The van der Waals surface area contributed by atoms with Gasteiger partial charge in [-0.15, -0.1) is 11.3 Å². The molecule has 0 saturated heterocycles. The Hall–Kier alpha value is -0.550. The smallest absolute Gasteiger partial charge is 0.226 e. The zero-order chi connectivity index (χ0) is 11.5. The van der Waals surface area contributed by atoms with Crippen molar-refractivity contribution >= 4 is 35.0 Å². The molecule has 0 unspecified atom stereocenters. The fourth-order valence-electron chi connectivity index (χ4n) is 0.959. The van der Waals surface area contributed by atoms with E-state index in [1.54, 1.807) is 0 Å². The van der Waals surface area contributed by atoms with E-state index < -0.39 is 0 Å². The molecule has 0 aliphatic carbocycles. The standard InChI is InChI=1S/C10H16N2OS2/c1-10(2,3)7-6-15-9(11-7)12-8(13)4-5-14/h6,14H,4-5H2,1-3H3,(H,11,12,13). The van der Waals surface area contributed by atoms with Crippen molar-refractivity contribution < 1.29 is 4.79 Å². The van der Waals surface area contributed by atoms with Crippen LogP contribution in [0.4, 0.5) is 5.13 Å². The van der Waals surface area contributed by atoms with Crippen LogP contribution in [-0.4, -0.2) is 16.6 Å². The number of hydrogen-bond donors (Lipinski definition) is 2. The summed E-state index contributed by atoms with van der Waals surface area (Å²) in [5.74, 6) is 0.531. The van der Waals surface area contributed by atoms with Crippen molar-refractivity contribution in [2.24, 2.45) is 0 Å². The molecular formula is C10H16N2OS2. The van der Waals surface area contributed by atoms with Gasteiger partial charge in [-0.1, -0.05) is 20.8 Å². The van der Waals surface area contributed by atoms with Crippen molar-refractivity contribution in [2.45, 2.75) is 32.6 Å². The van der Waals surface area contributed by atoms with Gasteiger partial charge in [0.1, 0.15) is 0 Å². The molecule has 0 spiro atoms. The molecule has 5 heteroatoms. The van der Waals surface area contributed by atoms with Gasteiger partial charge >= 0.3 is 0 Å². The number of aromatic nitrogens is 1. The molecule has 3 nitrogen and oxygen atoms in total. The van der Waals surface area contributed by atoms with Crippen LogP contribution in [0.3, 0.4) is 0 Å². The number of nitrogens with one attached hydrogen (secondary N) is 1. The molecule has 1 aromatic heterocycles. The lowest BCUT2D eigenvalue weighted by atomic mass is 9.93. The highest BCUT2D eigenvalue weighted by atomic mass is 32.1. The summed E-state index contributed by atoms with van der Waals surface area (Å²) >= 11 is 5.46. The summed E-state index contributed by atoms with van der Waals surface area (Å²) < 4.78 is 0. The van der Waals surface area contributed by atoms with Gasteiger partial charge in [0.05, 0.1) is 5.69 Å². The van der Waals surface area contributed by atoms with E-state index in [1.165, 1.54) is 11.3 Å². The minimum absolute atomic E-state index is 0.0280. The Morgan fingerprint density at radius 3 is 2.73 bits per heavy atom. The van der Waals surface area contributed by atoms with Crippen LogP contribution < -0.4 is 5.32 Å². The SMILES string of the molecule is CC(C)(C)c1csc(NC(=O)CCS)n1. The molecule has 0 aromatic carbocycles. The van der Waals surface area contributed by atoms with Crippen LogP contribution in [-0.2, 0) is 10.2 Å². The molecule has 0 atom stereocenters. The van der Waals surface area contributed by atoms with E-state index in [4.69, 9.17) is 0 Å². The molecule has 1 heterocycles. The third kappa shape index (κ3) is 3.83.